The van der Waals surface area contributed by atoms with Gasteiger partial charge in [-0.1, -0.05) is 35.5 Å². The van der Waals surface area contributed by atoms with Gasteiger partial charge < -0.3 is 10.2 Å². The van der Waals surface area contributed by atoms with Gasteiger partial charge in [0.2, 0.25) is 0 Å². The second-order valence-electron chi connectivity index (χ2n) is 6.74. The van der Waals surface area contributed by atoms with Crippen molar-refractivity contribution in [1.29, 1.82) is 0 Å². The summed E-state index contributed by atoms with van der Waals surface area (Å²) >= 11 is 0. The summed E-state index contributed by atoms with van der Waals surface area (Å²) in [5, 5.41) is 27.6. The van der Waals surface area contributed by atoms with Crippen molar-refractivity contribution in [2.75, 3.05) is 13.1 Å². The Morgan fingerprint density at radius 1 is 1.12 bits per heavy atom. The number of carbonyl (C=O) groups is 1. The van der Waals surface area contributed by atoms with Crippen LogP contribution in [0.5, 0.6) is 0 Å². The van der Waals surface area contributed by atoms with Crippen molar-refractivity contribution in [3.63, 3.8) is 0 Å². The van der Waals surface area contributed by atoms with Crippen LogP contribution in [0.25, 0.3) is 16.7 Å². The molecule has 2 heterocycles. The second-order valence-corrected chi connectivity index (χ2v) is 6.74. The van der Waals surface area contributed by atoms with Gasteiger partial charge in [0.05, 0.1) is 23.7 Å². The van der Waals surface area contributed by atoms with Crippen LogP contribution in [0.4, 0.5) is 0 Å². The fourth-order valence-electron chi connectivity index (χ4n) is 3.63. The molecule has 3 aromatic rings. The van der Waals surface area contributed by atoms with Crippen LogP contribution in [0.1, 0.15) is 12.0 Å². The summed E-state index contributed by atoms with van der Waals surface area (Å²) in [6.45, 7) is 1.67. The van der Waals surface area contributed by atoms with E-state index in [0.29, 0.717) is 19.6 Å². The van der Waals surface area contributed by atoms with E-state index in [9.17, 15) is 9.90 Å². The van der Waals surface area contributed by atoms with Gasteiger partial charge in [-0.25, -0.2) is 4.68 Å². The quantitative estimate of drug-likeness (QED) is 0.726. The first kappa shape index (κ1) is 16.7. The van der Waals surface area contributed by atoms with Crippen LogP contribution >= 0.6 is 0 Å². The van der Waals surface area contributed by atoms with Crippen LogP contribution in [0.2, 0.25) is 0 Å². The fourth-order valence-corrected chi connectivity index (χ4v) is 3.63. The van der Waals surface area contributed by atoms with Crippen LogP contribution in [0.15, 0.2) is 48.5 Å². The number of benzene rings is 2. The highest BCUT2D eigenvalue weighted by Crippen LogP contribution is 2.25. The largest absolute Gasteiger partial charge is 0.481 e. The number of likely N-dealkylation sites (tertiary alicyclic amines) is 1. The van der Waals surface area contributed by atoms with Gasteiger partial charge in [0.25, 0.3) is 0 Å². The molecule has 2 aromatic carbocycles. The Morgan fingerprint density at radius 3 is 2.73 bits per heavy atom. The molecule has 1 fully saturated rings. The predicted octanol–water partition coefficient (Wildman–Crippen LogP) is 1.69. The molecule has 134 valence electrons. The van der Waals surface area contributed by atoms with Crippen LogP contribution in [0, 0.1) is 5.92 Å². The van der Waals surface area contributed by atoms with Gasteiger partial charge >= 0.3 is 5.97 Å². The van der Waals surface area contributed by atoms with Crippen LogP contribution in [-0.4, -0.2) is 55.3 Å². The SMILES string of the molecule is O=C(O)C[C@@H]1CN(Cc2ccccc2-n2nnc3ccccc32)C[C@H]1O. The van der Waals surface area contributed by atoms with E-state index in [1.54, 1.807) is 0 Å². The lowest BCUT2D eigenvalue weighted by Crippen LogP contribution is -2.22. The van der Waals surface area contributed by atoms with Crippen molar-refractivity contribution in [2.45, 2.75) is 19.1 Å². The Morgan fingerprint density at radius 2 is 1.88 bits per heavy atom. The van der Waals surface area contributed by atoms with E-state index < -0.39 is 12.1 Å². The van der Waals surface area contributed by atoms with Gasteiger partial charge in [0, 0.05) is 25.6 Å². The molecule has 1 aliphatic rings. The topological polar surface area (TPSA) is 91.5 Å². The highest BCUT2D eigenvalue weighted by Gasteiger charge is 2.33. The molecule has 0 saturated carbocycles. The third kappa shape index (κ3) is 3.18. The number of aliphatic hydroxyl groups is 1. The lowest BCUT2D eigenvalue weighted by molar-refractivity contribution is -0.138. The summed E-state index contributed by atoms with van der Waals surface area (Å²) in [6.07, 6.45) is -0.613. The minimum atomic E-state index is -0.870. The van der Waals surface area contributed by atoms with Gasteiger partial charge in [-0.3, -0.25) is 9.69 Å². The zero-order chi connectivity index (χ0) is 18.1. The summed E-state index contributed by atoms with van der Waals surface area (Å²) in [5.74, 6) is -1.10. The van der Waals surface area contributed by atoms with Crippen molar-refractivity contribution in [2.24, 2.45) is 5.92 Å². The van der Waals surface area contributed by atoms with E-state index in [4.69, 9.17) is 5.11 Å². The lowest BCUT2D eigenvalue weighted by atomic mass is 10.0. The number of aliphatic hydroxyl groups excluding tert-OH is 1. The van der Waals surface area contributed by atoms with E-state index in [1.165, 1.54) is 0 Å². The predicted molar refractivity (Wildman–Crippen MR) is 95.9 cm³/mol. The van der Waals surface area contributed by atoms with E-state index >= 15 is 0 Å². The number of β-amino-alcohol motifs (C(OH)–C–C–N with tert-alkyl or cyclic N) is 1. The zero-order valence-electron chi connectivity index (χ0n) is 14.2. The molecule has 7 heteroatoms. The highest BCUT2D eigenvalue weighted by atomic mass is 16.4. The Hall–Kier alpha value is -2.77. The Balaban J connectivity index is 1.60. The molecule has 4 rings (SSSR count). The van der Waals surface area contributed by atoms with Crippen LogP contribution < -0.4 is 0 Å². The molecule has 1 aromatic heterocycles. The maximum Gasteiger partial charge on any atom is 0.303 e. The number of fused-ring (bicyclic) bond motifs is 1. The van der Waals surface area contributed by atoms with Crippen molar-refractivity contribution in [3.05, 3.63) is 54.1 Å². The van der Waals surface area contributed by atoms with Crippen molar-refractivity contribution >= 4 is 17.0 Å². The molecule has 0 bridgehead atoms. The third-order valence-electron chi connectivity index (χ3n) is 4.88. The number of nitrogens with zero attached hydrogens (tertiary/aromatic N) is 4. The number of hydrogen-bond acceptors (Lipinski definition) is 5. The molecule has 0 unspecified atom stereocenters. The van der Waals surface area contributed by atoms with E-state index in [0.717, 1.165) is 22.3 Å². The normalized spacial score (nSPS) is 20.7. The molecule has 0 aliphatic carbocycles. The van der Waals surface area contributed by atoms with Crippen LogP contribution in [-0.2, 0) is 11.3 Å². The third-order valence-corrected chi connectivity index (χ3v) is 4.88. The molecular formula is C19H20N4O3. The van der Waals surface area contributed by atoms with Crippen molar-refractivity contribution < 1.29 is 15.0 Å². The van der Waals surface area contributed by atoms with Gasteiger partial charge in [0.1, 0.15) is 5.52 Å². The Bertz CT molecular complexity index is 939. The second kappa shape index (κ2) is 6.86. The average molecular weight is 352 g/mol. The number of para-hydroxylation sites is 2. The number of aromatic nitrogens is 3. The molecule has 2 N–H and O–H groups in total. The summed E-state index contributed by atoms with van der Waals surface area (Å²) in [4.78, 5) is 13.0. The molecule has 1 saturated heterocycles. The summed E-state index contributed by atoms with van der Waals surface area (Å²) in [7, 11) is 0. The maximum atomic E-state index is 11.0. The van der Waals surface area contributed by atoms with Gasteiger partial charge in [0.15, 0.2) is 0 Å². The van der Waals surface area contributed by atoms with Crippen LogP contribution in [0.3, 0.4) is 0 Å². The number of rotatable bonds is 5. The van der Waals surface area contributed by atoms with E-state index in [-0.39, 0.29) is 12.3 Å². The Kier molecular flexibility index (Phi) is 4.40. The molecule has 1 aliphatic heterocycles. The number of carboxylic acid groups (broad SMARTS) is 1. The molecule has 7 nitrogen and oxygen atoms in total. The van der Waals surface area contributed by atoms with E-state index in [1.807, 2.05) is 53.2 Å². The Labute approximate surface area is 150 Å². The first-order valence-corrected chi connectivity index (χ1v) is 8.63. The lowest BCUT2D eigenvalue weighted by Gasteiger charge is -2.18. The first-order valence-electron chi connectivity index (χ1n) is 8.63. The van der Waals surface area contributed by atoms with Crippen molar-refractivity contribution in [3.8, 4) is 5.69 Å². The number of hydrogen-bond donors (Lipinski definition) is 2. The summed E-state index contributed by atoms with van der Waals surface area (Å²) in [5.41, 5.74) is 3.77. The number of carboxylic acids is 1. The summed E-state index contributed by atoms with van der Waals surface area (Å²) in [6, 6.07) is 15.8. The standard InChI is InChI=1S/C19H20N4O3/c24-18-12-22(11-14(18)9-19(25)26)10-13-5-1-3-7-16(13)23-17-8-4-2-6-15(17)20-21-23/h1-8,14,18,24H,9-12H2,(H,25,26)/t14-,18-/m1/s1. The number of aliphatic carboxylic acids is 1. The smallest absolute Gasteiger partial charge is 0.303 e. The molecule has 0 radical (unpaired) electrons. The summed E-state index contributed by atoms with van der Waals surface area (Å²) < 4.78 is 1.83. The maximum absolute atomic E-state index is 11.0. The molecule has 0 amide bonds. The molecule has 0 spiro atoms. The van der Waals surface area contributed by atoms with Gasteiger partial charge in [-0.2, -0.15) is 0 Å². The highest BCUT2D eigenvalue weighted by molar-refractivity contribution is 5.76. The first-order chi connectivity index (χ1) is 12.6. The molecule has 2 atom stereocenters. The van der Waals surface area contributed by atoms with Gasteiger partial charge in [-0.05, 0) is 23.8 Å². The van der Waals surface area contributed by atoms with Gasteiger partial charge in [-0.15, -0.1) is 5.10 Å². The fraction of sp³-hybridized carbons (Fsp3) is 0.316. The molecular weight excluding hydrogens is 332 g/mol. The monoisotopic (exact) mass is 352 g/mol. The van der Waals surface area contributed by atoms with Crippen molar-refractivity contribution in [1.82, 2.24) is 19.9 Å². The minimum Gasteiger partial charge on any atom is -0.481 e. The van der Waals surface area contributed by atoms with E-state index in [2.05, 4.69) is 15.2 Å². The zero-order valence-corrected chi connectivity index (χ0v) is 14.2. The molecule has 26 heavy (non-hydrogen) atoms. The average Bonchev–Trinajstić information content (AvgIpc) is 3.19. The minimum absolute atomic E-state index is 0.00692.